The highest BCUT2D eigenvalue weighted by Crippen LogP contribution is 2.35. The van der Waals surface area contributed by atoms with Crippen molar-refractivity contribution in [1.29, 1.82) is 10.5 Å². The molecule has 22 heavy (non-hydrogen) atoms. The molecule has 0 unspecified atom stereocenters. The Morgan fingerprint density at radius 3 is 2.50 bits per heavy atom. The van der Waals surface area contributed by atoms with Crippen molar-refractivity contribution in [3.05, 3.63) is 41.5 Å². The minimum atomic E-state index is 0.0120. The zero-order valence-corrected chi connectivity index (χ0v) is 13.2. The van der Waals surface area contributed by atoms with Crippen LogP contribution in [0.2, 0.25) is 0 Å². The van der Waals surface area contributed by atoms with E-state index in [0.29, 0.717) is 24.5 Å². The summed E-state index contributed by atoms with van der Waals surface area (Å²) in [7, 11) is 0. The monoisotopic (exact) mass is 296 g/mol. The number of allylic oxidation sites excluding steroid dienone is 2. The smallest absolute Gasteiger partial charge is 0.165 e. The van der Waals surface area contributed by atoms with E-state index in [2.05, 4.69) is 6.58 Å². The Kier molecular flexibility index (Phi) is 6.73. The van der Waals surface area contributed by atoms with Crippen LogP contribution in [-0.2, 0) is 6.42 Å². The summed E-state index contributed by atoms with van der Waals surface area (Å²) in [5.74, 6) is 1.29. The summed E-state index contributed by atoms with van der Waals surface area (Å²) in [6.45, 7) is 10.0. The molecule has 0 N–H and O–H groups in total. The fraction of sp³-hybridized carbons (Fsp3) is 0.333. The summed E-state index contributed by atoms with van der Waals surface area (Å²) < 4.78 is 11.5. The molecule has 1 rings (SSSR count). The molecule has 0 radical (unpaired) electrons. The van der Waals surface area contributed by atoms with Crippen molar-refractivity contribution >= 4 is 6.08 Å². The molecule has 0 fully saturated rings. The molecule has 0 saturated carbocycles. The quantitative estimate of drug-likeness (QED) is 0.563. The molecule has 0 heterocycles. The molecule has 0 saturated heterocycles. The number of nitriles is 2. The maximum atomic E-state index is 8.89. The van der Waals surface area contributed by atoms with Gasteiger partial charge in [0.05, 0.1) is 12.7 Å². The summed E-state index contributed by atoms with van der Waals surface area (Å²) in [4.78, 5) is 0. The highest BCUT2D eigenvalue weighted by atomic mass is 16.5. The van der Waals surface area contributed by atoms with Gasteiger partial charge in [0.25, 0.3) is 0 Å². The summed E-state index contributed by atoms with van der Waals surface area (Å²) in [6, 6.07) is 7.38. The molecule has 0 aliphatic rings. The van der Waals surface area contributed by atoms with Gasteiger partial charge < -0.3 is 9.47 Å². The third kappa shape index (κ3) is 4.68. The van der Waals surface area contributed by atoms with Gasteiger partial charge in [-0.25, -0.2) is 0 Å². The lowest BCUT2D eigenvalue weighted by atomic mass is 10.0. The van der Waals surface area contributed by atoms with Gasteiger partial charge in [0.2, 0.25) is 0 Å². The molecule has 0 aliphatic carbocycles. The van der Waals surface area contributed by atoms with Gasteiger partial charge in [0.1, 0.15) is 17.7 Å². The van der Waals surface area contributed by atoms with Gasteiger partial charge in [-0.15, -0.1) is 6.58 Å². The van der Waals surface area contributed by atoms with E-state index in [4.69, 9.17) is 20.0 Å². The van der Waals surface area contributed by atoms with Gasteiger partial charge in [-0.3, -0.25) is 0 Å². The average Bonchev–Trinajstić information content (AvgIpc) is 2.48. The Balaban J connectivity index is 3.46. The van der Waals surface area contributed by atoms with Gasteiger partial charge in [0.15, 0.2) is 11.5 Å². The lowest BCUT2D eigenvalue weighted by molar-refractivity contribution is 0.222. The topological polar surface area (TPSA) is 66.0 Å². The van der Waals surface area contributed by atoms with Crippen LogP contribution in [0.25, 0.3) is 6.08 Å². The van der Waals surface area contributed by atoms with E-state index in [1.165, 1.54) is 6.08 Å². The van der Waals surface area contributed by atoms with Gasteiger partial charge in [-0.1, -0.05) is 6.08 Å². The fourth-order valence-electron chi connectivity index (χ4n) is 1.96. The first-order valence-electron chi connectivity index (χ1n) is 7.14. The van der Waals surface area contributed by atoms with Crippen molar-refractivity contribution in [3.63, 3.8) is 0 Å². The first-order chi connectivity index (χ1) is 10.5. The minimum Gasteiger partial charge on any atom is -0.490 e. The Hall–Kier alpha value is -2.72. The molecule has 1 aromatic rings. The summed E-state index contributed by atoms with van der Waals surface area (Å²) in [5, 5.41) is 17.8. The maximum Gasteiger partial charge on any atom is 0.165 e. The standard InChI is InChI=1S/C18H20N2O2/c1-5-7-16-9-14(8-15(11-19)12-20)10-17(21-6-2)18(16)22-13(3)4/h5,8-10,13H,1,6-7H2,2-4H3. The van der Waals surface area contributed by atoms with Gasteiger partial charge >= 0.3 is 0 Å². The lowest BCUT2D eigenvalue weighted by Gasteiger charge is -2.18. The van der Waals surface area contributed by atoms with Crippen molar-refractivity contribution in [3.8, 4) is 23.6 Å². The van der Waals surface area contributed by atoms with Crippen LogP contribution < -0.4 is 9.47 Å². The van der Waals surface area contributed by atoms with E-state index in [9.17, 15) is 0 Å². The molecule has 0 aromatic heterocycles. The van der Waals surface area contributed by atoms with Crippen LogP contribution in [-0.4, -0.2) is 12.7 Å². The number of rotatable bonds is 7. The molecule has 0 atom stereocenters. The van der Waals surface area contributed by atoms with Crippen molar-refractivity contribution in [2.75, 3.05) is 6.61 Å². The largest absolute Gasteiger partial charge is 0.490 e. The normalized spacial score (nSPS) is 9.55. The molecular formula is C18H20N2O2. The molecule has 4 heteroatoms. The summed E-state index contributed by atoms with van der Waals surface area (Å²) >= 11 is 0. The second-order valence-corrected chi connectivity index (χ2v) is 4.88. The molecule has 114 valence electrons. The van der Waals surface area contributed by atoms with Crippen LogP contribution in [0.1, 0.15) is 31.9 Å². The zero-order chi connectivity index (χ0) is 16.5. The third-order valence-electron chi connectivity index (χ3n) is 2.72. The lowest BCUT2D eigenvalue weighted by Crippen LogP contribution is -2.09. The fourth-order valence-corrected chi connectivity index (χ4v) is 1.96. The molecule has 4 nitrogen and oxygen atoms in total. The molecule has 0 bridgehead atoms. The van der Waals surface area contributed by atoms with Gasteiger partial charge in [-0.2, -0.15) is 10.5 Å². The Morgan fingerprint density at radius 1 is 1.32 bits per heavy atom. The first kappa shape index (κ1) is 17.3. The van der Waals surface area contributed by atoms with E-state index in [0.717, 1.165) is 11.1 Å². The van der Waals surface area contributed by atoms with Crippen LogP contribution in [0.3, 0.4) is 0 Å². The van der Waals surface area contributed by atoms with Crippen LogP contribution in [0, 0.1) is 22.7 Å². The highest BCUT2D eigenvalue weighted by Gasteiger charge is 2.14. The van der Waals surface area contributed by atoms with Crippen molar-refractivity contribution in [2.45, 2.75) is 33.3 Å². The summed E-state index contributed by atoms with van der Waals surface area (Å²) in [5.41, 5.74) is 1.69. The van der Waals surface area contributed by atoms with Crippen LogP contribution in [0.5, 0.6) is 11.5 Å². The second kappa shape index (κ2) is 8.54. The molecule has 0 aliphatic heterocycles. The Morgan fingerprint density at radius 2 is 2.00 bits per heavy atom. The van der Waals surface area contributed by atoms with E-state index >= 15 is 0 Å². The van der Waals surface area contributed by atoms with E-state index in [1.54, 1.807) is 12.1 Å². The molecule has 0 amide bonds. The van der Waals surface area contributed by atoms with E-state index < -0.39 is 0 Å². The third-order valence-corrected chi connectivity index (χ3v) is 2.72. The van der Waals surface area contributed by atoms with Gasteiger partial charge in [0, 0.05) is 5.56 Å². The molecule has 1 aromatic carbocycles. The number of hydrogen-bond donors (Lipinski definition) is 0. The molecule has 0 spiro atoms. The first-order valence-corrected chi connectivity index (χ1v) is 7.14. The predicted molar refractivity (Wildman–Crippen MR) is 86.5 cm³/mol. The summed E-state index contributed by atoms with van der Waals surface area (Å²) in [6.07, 6.45) is 3.94. The average molecular weight is 296 g/mol. The van der Waals surface area contributed by atoms with Crippen LogP contribution >= 0.6 is 0 Å². The van der Waals surface area contributed by atoms with E-state index in [1.807, 2.05) is 39.0 Å². The Bertz CT molecular complexity index is 630. The SMILES string of the molecule is C=CCc1cc(C=C(C#N)C#N)cc(OCC)c1OC(C)C. The number of hydrogen-bond acceptors (Lipinski definition) is 4. The van der Waals surface area contributed by atoms with Gasteiger partial charge in [-0.05, 0) is 51.0 Å². The zero-order valence-electron chi connectivity index (χ0n) is 13.2. The van der Waals surface area contributed by atoms with Crippen LogP contribution in [0.4, 0.5) is 0 Å². The Labute approximate surface area is 131 Å². The predicted octanol–water partition coefficient (Wildman–Crippen LogP) is 4.03. The minimum absolute atomic E-state index is 0.0120. The van der Waals surface area contributed by atoms with Crippen molar-refractivity contribution in [2.24, 2.45) is 0 Å². The number of benzene rings is 1. The second-order valence-electron chi connectivity index (χ2n) is 4.88. The maximum absolute atomic E-state index is 8.89. The highest BCUT2D eigenvalue weighted by molar-refractivity contribution is 5.66. The van der Waals surface area contributed by atoms with E-state index in [-0.39, 0.29) is 11.7 Å². The molecular weight excluding hydrogens is 276 g/mol. The number of nitrogens with zero attached hydrogens (tertiary/aromatic N) is 2. The van der Waals surface area contributed by atoms with Crippen LogP contribution in [0.15, 0.2) is 30.4 Å². The van der Waals surface area contributed by atoms with Crippen molar-refractivity contribution in [1.82, 2.24) is 0 Å². The number of ether oxygens (including phenoxy) is 2. The van der Waals surface area contributed by atoms with Crippen molar-refractivity contribution < 1.29 is 9.47 Å².